The van der Waals surface area contributed by atoms with Crippen molar-refractivity contribution in [1.29, 1.82) is 0 Å². The first-order valence-electron chi connectivity index (χ1n) is 10.1. The summed E-state index contributed by atoms with van der Waals surface area (Å²) in [6.07, 6.45) is 1.95. The number of piperidine rings is 1. The number of nitrogens with one attached hydrogen (secondary N) is 1. The highest BCUT2D eigenvalue weighted by molar-refractivity contribution is 7.17. The molecule has 5 rings (SSSR count). The number of nitrogens with zero attached hydrogens (tertiary/aromatic N) is 3. The zero-order chi connectivity index (χ0) is 20.7. The minimum Gasteiger partial charge on any atom is -0.342 e. The Labute approximate surface area is 177 Å². The van der Waals surface area contributed by atoms with Crippen LogP contribution in [-0.4, -0.2) is 38.8 Å². The Hall–Kier alpha value is -3.06. The van der Waals surface area contributed by atoms with Gasteiger partial charge < -0.3 is 9.88 Å². The van der Waals surface area contributed by atoms with Crippen LogP contribution in [0.1, 0.15) is 39.9 Å². The normalized spacial score (nSPS) is 16.9. The van der Waals surface area contributed by atoms with Crippen LogP contribution in [0.3, 0.4) is 0 Å². The Morgan fingerprint density at radius 3 is 2.77 bits per heavy atom. The maximum Gasteiger partial charge on any atom is 0.265 e. The van der Waals surface area contributed by atoms with Crippen molar-refractivity contribution in [2.24, 2.45) is 0 Å². The summed E-state index contributed by atoms with van der Waals surface area (Å²) in [4.78, 5) is 28.6. The van der Waals surface area contributed by atoms with Gasteiger partial charge in [-0.05, 0) is 56.2 Å². The Balaban J connectivity index is 1.37. The molecule has 0 spiro atoms. The number of imidazole rings is 1. The second-order valence-electron chi connectivity index (χ2n) is 7.67. The number of carbonyl (C=O) groups is 1. The second-order valence-corrected chi connectivity index (χ2v) is 8.67. The number of aryl methyl sites for hydroxylation is 1. The van der Waals surface area contributed by atoms with Gasteiger partial charge >= 0.3 is 0 Å². The number of aromatic amines is 1. The average molecular weight is 421 g/mol. The standard InChI is InChI=1S/C23H21FN4OS/c1-14-20(30-22(25-14)15-8-10-17(24)11-9-15)23(29)28-12-4-5-16(13-28)21-26-18-6-2-3-7-19(18)27-21/h2-3,6-11,16H,4-5,12-13H2,1H3,(H,26,27). The Bertz CT molecular complexity index is 1180. The zero-order valence-corrected chi connectivity index (χ0v) is 17.4. The molecule has 0 saturated carbocycles. The van der Waals surface area contributed by atoms with Crippen molar-refractivity contribution in [1.82, 2.24) is 19.9 Å². The van der Waals surface area contributed by atoms with Crippen LogP contribution in [-0.2, 0) is 0 Å². The van der Waals surface area contributed by atoms with Crippen molar-refractivity contribution in [2.45, 2.75) is 25.7 Å². The summed E-state index contributed by atoms with van der Waals surface area (Å²) in [7, 11) is 0. The lowest BCUT2D eigenvalue weighted by Crippen LogP contribution is -2.39. The molecule has 5 nitrogen and oxygen atoms in total. The van der Waals surface area contributed by atoms with Crippen molar-refractivity contribution in [3.8, 4) is 10.6 Å². The van der Waals surface area contributed by atoms with E-state index in [9.17, 15) is 9.18 Å². The lowest BCUT2D eigenvalue weighted by molar-refractivity contribution is 0.0709. The van der Waals surface area contributed by atoms with Crippen LogP contribution < -0.4 is 0 Å². The number of rotatable bonds is 3. The molecular formula is C23H21FN4OS. The summed E-state index contributed by atoms with van der Waals surface area (Å²) in [6, 6.07) is 14.2. The molecule has 1 unspecified atom stereocenters. The van der Waals surface area contributed by atoms with Crippen LogP contribution in [0.25, 0.3) is 21.6 Å². The van der Waals surface area contributed by atoms with Crippen LogP contribution >= 0.6 is 11.3 Å². The molecule has 3 heterocycles. The van der Waals surface area contributed by atoms with Gasteiger partial charge in [0, 0.05) is 24.6 Å². The van der Waals surface area contributed by atoms with E-state index >= 15 is 0 Å². The fraction of sp³-hybridized carbons (Fsp3) is 0.261. The molecule has 7 heteroatoms. The molecular weight excluding hydrogens is 399 g/mol. The van der Waals surface area contributed by atoms with Crippen LogP contribution in [0.5, 0.6) is 0 Å². The maximum atomic E-state index is 13.3. The second kappa shape index (κ2) is 7.65. The van der Waals surface area contributed by atoms with Gasteiger partial charge in [0.1, 0.15) is 21.5 Å². The molecule has 30 heavy (non-hydrogen) atoms. The van der Waals surface area contributed by atoms with E-state index in [1.165, 1.54) is 23.5 Å². The molecule has 1 aliphatic rings. The van der Waals surface area contributed by atoms with Gasteiger partial charge in [-0.25, -0.2) is 14.4 Å². The minimum absolute atomic E-state index is 0.0131. The molecule has 0 aliphatic carbocycles. The fourth-order valence-electron chi connectivity index (χ4n) is 4.01. The number of halogens is 1. The molecule has 2 aromatic heterocycles. The quantitative estimate of drug-likeness (QED) is 0.498. The molecule has 1 atom stereocenters. The SMILES string of the molecule is Cc1nc(-c2ccc(F)cc2)sc1C(=O)N1CCCC(c2nc3ccccc3[nH]2)C1. The molecule has 1 saturated heterocycles. The third-order valence-electron chi connectivity index (χ3n) is 5.59. The van der Waals surface area contributed by atoms with Crippen LogP contribution in [0, 0.1) is 12.7 Å². The first kappa shape index (κ1) is 18.9. The Morgan fingerprint density at radius 2 is 1.97 bits per heavy atom. The van der Waals surface area contributed by atoms with Crippen molar-refractivity contribution in [2.75, 3.05) is 13.1 Å². The van der Waals surface area contributed by atoms with Crippen molar-refractivity contribution >= 4 is 28.3 Å². The van der Waals surface area contributed by atoms with Crippen LogP contribution in [0.15, 0.2) is 48.5 Å². The number of carbonyl (C=O) groups excluding carboxylic acids is 1. The maximum absolute atomic E-state index is 13.3. The number of benzene rings is 2. The summed E-state index contributed by atoms with van der Waals surface area (Å²) in [5.74, 6) is 0.870. The number of fused-ring (bicyclic) bond motifs is 1. The number of H-pyrrole nitrogens is 1. The molecule has 1 fully saturated rings. The van der Waals surface area contributed by atoms with Gasteiger partial charge in [0.25, 0.3) is 5.91 Å². The summed E-state index contributed by atoms with van der Waals surface area (Å²) in [5, 5.41) is 0.738. The van der Waals surface area contributed by atoms with E-state index < -0.39 is 0 Å². The van der Waals surface area contributed by atoms with E-state index in [2.05, 4.69) is 9.97 Å². The number of likely N-dealkylation sites (tertiary alicyclic amines) is 1. The predicted molar refractivity (Wildman–Crippen MR) is 116 cm³/mol. The van der Waals surface area contributed by atoms with Gasteiger partial charge in [-0.3, -0.25) is 4.79 Å². The first-order chi connectivity index (χ1) is 14.6. The molecule has 2 aromatic carbocycles. The van der Waals surface area contributed by atoms with E-state index in [4.69, 9.17) is 4.98 Å². The third-order valence-corrected chi connectivity index (χ3v) is 6.78. The molecule has 1 N–H and O–H groups in total. The van der Waals surface area contributed by atoms with Gasteiger partial charge in [-0.15, -0.1) is 11.3 Å². The van der Waals surface area contributed by atoms with E-state index in [-0.39, 0.29) is 17.6 Å². The number of hydrogen-bond acceptors (Lipinski definition) is 4. The zero-order valence-electron chi connectivity index (χ0n) is 16.6. The number of hydrogen-bond donors (Lipinski definition) is 1. The lowest BCUT2D eigenvalue weighted by atomic mass is 9.97. The Kier molecular flexibility index (Phi) is 4.83. The van der Waals surface area contributed by atoms with E-state index in [0.717, 1.165) is 52.5 Å². The Morgan fingerprint density at radius 1 is 1.17 bits per heavy atom. The highest BCUT2D eigenvalue weighted by Crippen LogP contribution is 2.32. The number of amides is 1. The summed E-state index contributed by atoms with van der Waals surface area (Å²) >= 11 is 1.37. The third kappa shape index (κ3) is 3.50. The summed E-state index contributed by atoms with van der Waals surface area (Å²) in [5.41, 5.74) is 3.52. The van der Waals surface area contributed by atoms with E-state index in [0.29, 0.717) is 11.4 Å². The van der Waals surface area contributed by atoms with Crippen LogP contribution in [0.4, 0.5) is 4.39 Å². The smallest absolute Gasteiger partial charge is 0.265 e. The molecule has 1 amide bonds. The van der Waals surface area contributed by atoms with Crippen molar-refractivity contribution in [3.63, 3.8) is 0 Å². The first-order valence-corrected chi connectivity index (χ1v) is 10.9. The minimum atomic E-state index is -0.284. The highest BCUT2D eigenvalue weighted by Gasteiger charge is 2.29. The van der Waals surface area contributed by atoms with Gasteiger partial charge in [0.05, 0.1) is 16.7 Å². The molecule has 152 valence electrons. The number of thiazole rings is 1. The molecule has 0 radical (unpaired) electrons. The highest BCUT2D eigenvalue weighted by atomic mass is 32.1. The van der Waals surface area contributed by atoms with Gasteiger partial charge in [-0.1, -0.05) is 12.1 Å². The van der Waals surface area contributed by atoms with Gasteiger partial charge in [0.2, 0.25) is 0 Å². The van der Waals surface area contributed by atoms with Gasteiger partial charge in [0.15, 0.2) is 0 Å². The lowest BCUT2D eigenvalue weighted by Gasteiger charge is -2.31. The number of aromatic nitrogens is 3. The molecule has 0 bridgehead atoms. The topological polar surface area (TPSA) is 61.9 Å². The molecule has 1 aliphatic heterocycles. The number of para-hydroxylation sites is 2. The predicted octanol–water partition coefficient (Wildman–Crippen LogP) is 5.15. The average Bonchev–Trinajstić information content (AvgIpc) is 3.37. The summed E-state index contributed by atoms with van der Waals surface area (Å²) in [6.45, 7) is 3.23. The molecule has 4 aromatic rings. The fourth-order valence-corrected chi connectivity index (χ4v) is 5.04. The van der Waals surface area contributed by atoms with Crippen molar-refractivity contribution < 1.29 is 9.18 Å². The largest absolute Gasteiger partial charge is 0.342 e. The van der Waals surface area contributed by atoms with E-state index in [1.807, 2.05) is 36.1 Å². The van der Waals surface area contributed by atoms with Crippen molar-refractivity contribution in [3.05, 3.63) is 70.7 Å². The summed E-state index contributed by atoms with van der Waals surface area (Å²) < 4.78 is 13.2. The van der Waals surface area contributed by atoms with Gasteiger partial charge in [-0.2, -0.15) is 0 Å². The monoisotopic (exact) mass is 420 g/mol. The van der Waals surface area contributed by atoms with Crippen LogP contribution in [0.2, 0.25) is 0 Å². The van der Waals surface area contributed by atoms with E-state index in [1.54, 1.807) is 12.1 Å².